The van der Waals surface area contributed by atoms with Gasteiger partial charge in [-0.15, -0.1) is 0 Å². The second-order valence-electron chi connectivity index (χ2n) is 5.93. The van der Waals surface area contributed by atoms with E-state index in [0.29, 0.717) is 22.1 Å². The van der Waals surface area contributed by atoms with Crippen molar-refractivity contribution in [3.8, 4) is 5.75 Å². The molecule has 2 aromatic rings. The summed E-state index contributed by atoms with van der Waals surface area (Å²) in [4.78, 5) is 23.9. The van der Waals surface area contributed by atoms with E-state index in [1.54, 1.807) is 36.4 Å². The van der Waals surface area contributed by atoms with Crippen LogP contribution in [0.5, 0.6) is 5.75 Å². The smallest absolute Gasteiger partial charge is 0.248 e. The van der Waals surface area contributed by atoms with Gasteiger partial charge in [-0.3, -0.25) is 9.59 Å². The van der Waals surface area contributed by atoms with Crippen LogP contribution in [0.2, 0.25) is 5.02 Å². The number of carbonyl (C=O) groups excluding carboxylic acids is 2. The lowest BCUT2D eigenvalue weighted by molar-refractivity contribution is -0.119. The van der Waals surface area contributed by atoms with E-state index in [1.807, 2.05) is 26.0 Å². The molecule has 0 aliphatic carbocycles. The maximum atomic E-state index is 12.1. The number of hydrogen-bond donors (Lipinski definition) is 2. The van der Waals surface area contributed by atoms with Gasteiger partial charge in [-0.1, -0.05) is 37.6 Å². The van der Waals surface area contributed by atoms with Crippen LogP contribution in [0.1, 0.15) is 19.4 Å². The summed E-state index contributed by atoms with van der Waals surface area (Å²) in [6, 6.07) is 12.2. The van der Waals surface area contributed by atoms with Gasteiger partial charge in [0, 0.05) is 28.8 Å². The monoisotopic (exact) mass is 372 g/mol. The van der Waals surface area contributed by atoms with Crippen LogP contribution in [0.3, 0.4) is 0 Å². The Morgan fingerprint density at radius 1 is 1.08 bits per heavy atom. The van der Waals surface area contributed by atoms with Crippen LogP contribution in [0.4, 0.5) is 11.4 Å². The van der Waals surface area contributed by atoms with Crippen molar-refractivity contribution in [2.24, 2.45) is 5.92 Å². The molecule has 0 aliphatic rings. The van der Waals surface area contributed by atoms with Crippen molar-refractivity contribution in [2.45, 2.75) is 13.8 Å². The molecule has 0 saturated heterocycles. The van der Waals surface area contributed by atoms with Crippen LogP contribution < -0.4 is 15.4 Å². The van der Waals surface area contributed by atoms with Gasteiger partial charge in [0.1, 0.15) is 5.75 Å². The third-order valence-electron chi connectivity index (χ3n) is 3.55. The van der Waals surface area contributed by atoms with Crippen LogP contribution in [0, 0.1) is 5.92 Å². The number of amides is 2. The fourth-order valence-electron chi connectivity index (χ4n) is 2.08. The van der Waals surface area contributed by atoms with Gasteiger partial charge < -0.3 is 15.4 Å². The number of benzene rings is 2. The molecule has 0 heterocycles. The van der Waals surface area contributed by atoms with Gasteiger partial charge in [-0.2, -0.15) is 0 Å². The SMILES string of the molecule is COc1cc(NC(=O)/C=C/c2ccc(Cl)cc2)ccc1NC(=O)C(C)C. The molecule has 0 aliphatic heterocycles. The highest BCUT2D eigenvalue weighted by Gasteiger charge is 2.11. The summed E-state index contributed by atoms with van der Waals surface area (Å²) in [5, 5.41) is 6.19. The molecular formula is C20H21ClN2O3. The van der Waals surface area contributed by atoms with Crippen LogP contribution in [-0.4, -0.2) is 18.9 Å². The predicted molar refractivity (Wildman–Crippen MR) is 106 cm³/mol. The topological polar surface area (TPSA) is 67.4 Å². The summed E-state index contributed by atoms with van der Waals surface area (Å²) in [5.74, 6) is -0.0532. The molecular weight excluding hydrogens is 352 g/mol. The van der Waals surface area contributed by atoms with E-state index in [-0.39, 0.29) is 17.7 Å². The van der Waals surface area contributed by atoms with Crippen molar-refractivity contribution in [1.82, 2.24) is 0 Å². The number of hydrogen-bond acceptors (Lipinski definition) is 3. The number of nitrogens with one attached hydrogen (secondary N) is 2. The van der Waals surface area contributed by atoms with Gasteiger partial charge in [-0.25, -0.2) is 0 Å². The Morgan fingerprint density at radius 3 is 2.38 bits per heavy atom. The van der Waals surface area contributed by atoms with Gasteiger partial charge >= 0.3 is 0 Å². The number of rotatable bonds is 6. The largest absolute Gasteiger partial charge is 0.494 e. The van der Waals surface area contributed by atoms with E-state index >= 15 is 0 Å². The fourth-order valence-corrected chi connectivity index (χ4v) is 2.21. The molecule has 0 atom stereocenters. The molecule has 2 rings (SSSR count). The van der Waals surface area contributed by atoms with E-state index in [0.717, 1.165) is 5.56 Å². The molecule has 5 nitrogen and oxygen atoms in total. The minimum absolute atomic E-state index is 0.106. The predicted octanol–water partition coefficient (Wildman–Crippen LogP) is 4.60. The van der Waals surface area contributed by atoms with E-state index in [4.69, 9.17) is 16.3 Å². The molecule has 0 unspecified atom stereocenters. The molecule has 0 aromatic heterocycles. The average molecular weight is 373 g/mol. The average Bonchev–Trinajstić information content (AvgIpc) is 2.62. The van der Waals surface area contributed by atoms with Gasteiger partial charge in [0.2, 0.25) is 11.8 Å². The Labute approximate surface area is 158 Å². The number of anilines is 2. The van der Waals surface area contributed by atoms with Crippen molar-refractivity contribution >= 4 is 40.9 Å². The van der Waals surface area contributed by atoms with Gasteiger partial charge in [0.25, 0.3) is 0 Å². The first-order chi connectivity index (χ1) is 12.4. The fraction of sp³-hybridized carbons (Fsp3) is 0.200. The lowest BCUT2D eigenvalue weighted by Gasteiger charge is -2.13. The molecule has 0 fully saturated rings. The Balaban J connectivity index is 2.05. The van der Waals surface area contributed by atoms with Crippen molar-refractivity contribution in [3.63, 3.8) is 0 Å². The molecule has 2 aromatic carbocycles. The molecule has 136 valence electrons. The van der Waals surface area contributed by atoms with E-state index in [2.05, 4.69) is 10.6 Å². The second kappa shape index (κ2) is 9.06. The van der Waals surface area contributed by atoms with Gasteiger partial charge in [-0.05, 0) is 35.9 Å². The van der Waals surface area contributed by atoms with Gasteiger partial charge in [0.05, 0.1) is 12.8 Å². The maximum Gasteiger partial charge on any atom is 0.248 e. The van der Waals surface area contributed by atoms with Crippen molar-refractivity contribution in [2.75, 3.05) is 17.7 Å². The minimum Gasteiger partial charge on any atom is -0.494 e. The Morgan fingerprint density at radius 2 is 1.77 bits per heavy atom. The lowest BCUT2D eigenvalue weighted by atomic mass is 10.2. The summed E-state index contributed by atoms with van der Waals surface area (Å²) in [5.41, 5.74) is 1.99. The van der Waals surface area contributed by atoms with Crippen LogP contribution in [0.15, 0.2) is 48.5 Å². The third kappa shape index (κ3) is 5.63. The van der Waals surface area contributed by atoms with Gasteiger partial charge in [0.15, 0.2) is 0 Å². The number of carbonyl (C=O) groups is 2. The molecule has 2 amide bonds. The zero-order valence-electron chi connectivity index (χ0n) is 14.9. The molecule has 0 radical (unpaired) electrons. The highest BCUT2D eigenvalue weighted by Crippen LogP contribution is 2.28. The Hall–Kier alpha value is -2.79. The summed E-state index contributed by atoms with van der Waals surface area (Å²) in [6.45, 7) is 3.62. The highest BCUT2D eigenvalue weighted by atomic mass is 35.5. The first-order valence-corrected chi connectivity index (χ1v) is 8.50. The van der Waals surface area contributed by atoms with Crippen LogP contribution in [-0.2, 0) is 9.59 Å². The summed E-state index contributed by atoms with van der Waals surface area (Å²) in [7, 11) is 1.51. The molecule has 0 bridgehead atoms. The third-order valence-corrected chi connectivity index (χ3v) is 3.80. The number of halogens is 1. The van der Waals surface area contributed by atoms with Crippen molar-refractivity contribution < 1.29 is 14.3 Å². The molecule has 26 heavy (non-hydrogen) atoms. The van der Waals surface area contributed by atoms with E-state index in [1.165, 1.54) is 13.2 Å². The Kier molecular flexibility index (Phi) is 6.81. The first kappa shape index (κ1) is 19.5. The zero-order valence-corrected chi connectivity index (χ0v) is 15.6. The highest BCUT2D eigenvalue weighted by molar-refractivity contribution is 6.30. The zero-order chi connectivity index (χ0) is 19.1. The van der Waals surface area contributed by atoms with E-state index < -0.39 is 0 Å². The lowest BCUT2D eigenvalue weighted by Crippen LogP contribution is -2.18. The maximum absolute atomic E-state index is 12.1. The first-order valence-electron chi connectivity index (χ1n) is 8.12. The Bertz CT molecular complexity index is 814. The normalized spacial score (nSPS) is 10.8. The van der Waals surface area contributed by atoms with Crippen molar-refractivity contribution in [3.05, 3.63) is 59.1 Å². The summed E-state index contributed by atoms with van der Waals surface area (Å²) < 4.78 is 5.29. The second-order valence-corrected chi connectivity index (χ2v) is 6.37. The summed E-state index contributed by atoms with van der Waals surface area (Å²) in [6.07, 6.45) is 3.13. The standard InChI is InChI=1S/C20H21ClN2O3/c1-13(2)20(25)23-17-10-9-16(12-18(17)26-3)22-19(24)11-6-14-4-7-15(21)8-5-14/h4-13H,1-3H3,(H,22,24)(H,23,25)/b11-6+. The van der Waals surface area contributed by atoms with Crippen LogP contribution in [0.25, 0.3) is 6.08 Å². The van der Waals surface area contributed by atoms with Crippen LogP contribution >= 0.6 is 11.6 Å². The minimum atomic E-state index is -0.277. The van der Waals surface area contributed by atoms with E-state index in [9.17, 15) is 9.59 Å². The summed E-state index contributed by atoms with van der Waals surface area (Å²) >= 11 is 5.83. The number of ether oxygens (including phenoxy) is 1. The molecule has 0 saturated carbocycles. The molecule has 6 heteroatoms. The van der Waals surface area contributed by atoms with Crippen molar-refractivity contribution in [1.29, 1.82) is 0 Å². The molecule has 2 N–H and O–H groups in total. The number of methoxy groups -OCH3 is 1. The quantitative estimate of drug-likeness (QED) is 0.728. The molecule has 0 spiro atoms.